The minimum atomic E-state index is 0.694. The highest BCUT2D eigenvalue weighted by Gasteiger charge is 2.03. The predicted octanol–water partition coefficient (Wildman–Crippen LogP) is 2.91. The lowest BCUT2D eigenvalue weighted by Crippen LogP contribution is -2.14. The third-order valence-corrected chi connectivity index (χ3v) is 2.75. The van der Waals surface area contributed by atoms with Gasteiger partial charge in [-0.2, -0.15) is 0 Å². The molecule has 2 aromatic rings. The summed E-state index contributed by atoms with van der Waals surface area (Å²) >= 11 is 6.11. The third kappa shape index (κ3) is 3.02. The van der Waals surface area contributed by atoms with Gasteiger partial charge in [0.1, 0.15) is 5.82 Å². The van der Waals surface area contributed by atoms with Crippen molar-refractivity contribution >= 4 is 11.6 Å². The van der Waals surface area contributed by atoms with Crippen LogP contribution >= 0.6 is 11.6 Å². The maximum atomic E-state index is 6.11. The first kappa shape index (κ1) is 12.0. The lowest BCUT2D eigenvalue weighted by molar-refractivity contribution is 0.690. The molecule has 1 aromatic carbocycles. The van der Waals surface area contributed by atoms with Crippen molar-refractivity contribution in [2.24, 2.45) is 0 Å². The summed E-state index contributed by atoms with van der Waals surface area (Å²) in [5.41, 5.74) is 1.90. The molecule has 1 heterocycles. The molecule has 1 aromatic heterocycles. The maximum Gasteiger partial charge on any atom is 0.141 e. The Hall–Kier alpha value is -1.45. The second-order valence-electron chi connectivity index (χ2n) is 3.65. The van der Waals surface area contributed by atoms with Gasteiger partial charge >= 0.3 is 0 Å². The van der Waals surface area contributed by atoms with Crippen molar-refractivity contribution in [3.8, 4) is 11.1 Å². The van der Waals surface area contributed by atoms with Gasteiger partial charge in [-0.15, -0.1) is 0 Å². The van der Waals surface area contributed by atoms with Crippen LogP contribution in [0, 0.1) is 0 Å². The standard InChI is InChI=1S/C13H14ClN3/c1-2-15-9-13-16-7-10(8-17-13)11-5-3-4-6-12(11)14/h3-8,15H,2,9H2,1H3. The van der Waals surface area contributed by atoms with E-state index < -0.39 is 0 Å². The third-order valence-electron chi connectivity index (χ3n) is 2.42. The van der Waals surface area contributed by atoms with Crippen molar-refractivity contribution in [2.75, 3.05) is 6.54 Å². The molecule has 0 radical (unpaired) electrons. The summed E-state index contributed by atoms with van der Waals surface area (Å²) in [6.07, 6.45) is 3.61. The number of rotatable bonds is 4. The molecule has 0 unspecified atom stereocenters. The zero-order valence-electron chi connectivity index (χ0n) is 9.65. The van der Waals surface area contributed by atoms with E-state index in [-0.39, 0.29) is 0 Å². The average molecular weight is 248 g/mol. The lowest BCUT2D eigenvalue weighted by Gasteiger charge is -2.04. The molecule has 0 spiro atoms. The molecule has 0 amide bonds. The monoisotopic (exact) mass is 247 g/mol. The summed E-state index contributed by atoms with van der Waals surface area (Å²) in [5, 5.41) is 3.90. The van der Waals surface area contributed by atoms with Crippen molar-refractivity contribution < 1.29 is 0 Å². The Morgan fingerprint density at radius 3 is 2.53 bits per heavy atom. The molecule has 0 saturated heterocycles. The van der Waals surface area contributed by atoms with Gasteiger partial charge in [-0.1, -0.05) is 36.7 Å². The van der Waals surface area contributed by atoms with E-state index in [4.69, 9.17) is 11.6 Å². The van der Waals surface area contributed by atoms with Crippen LogP contribution in [-0.4, -0.2) is 16.5 Å². The van der Waals surface area contributed by atoms with Gasteiger partial charge in [-0.3, -0.25) is 0 Å². The van der Waals surface area contributed by atoms with E-state index in [0.717, 1.165) is 28.5 Å². The van der Waals surface area contributed by atoms with Gasteiger partial charge in [-0.25, -0.2) is 9.97 Å². The van der Waals surface area contributed by atoms with E-state index in [1.54, 1.807) is 12.4 Å². The van der Waals surface area contributed by atoms with Crippen molar-refractivity contribution in [1.29, 1.82) is 0 Å². The molecule has 0 aliphatic heterocycles. The first-order valence-electron chi connectivity index (χ1n) is 5.58. The fourth-order valence-corrected chi connectivity index (χ4v) is 1.76. The number of nitrogens with one attached hydrogen (secondary N) is 1. The first-order chi connectivity index (χ1) is 8.31. The summed E-state index contributed by atoms with van der Waals surface area (Å²) in [7, 11) is 0. The quantitative estimate of drug-likeness (QED) is 0.903. The molecule has 88 valence electrons. The fourth-order valence-electron chi connectivity index (χ4n) is 1.52. The Bertz CT molecular complexity index is 482. The van der Waals surface area contributed by atoms with Crippen LogP contribution in [0.5, 0.6) is 0 Å². The Labute approximate surface area is 106 Å². The second-order valence-corrected chi connectivity index (χ2v) is 4.06. The predicted molar refractivity (Wildman–Crippen MR) is 69.9 cm³/mol. The van der Waals surface area contributed by atoms with Gasteiger partial charge in [0.25, 0.3) is 0 Å². The Kier molecular flexibility index (Phi) is 4.07. The largest absolute Gasteiger partial charge is 0.310 e. The Morgan fingerprint density at radius 1 is 1.18 bits per heavy atom. The lowest BCUT2D eigenvalue weighted by atomic mass is 10.1. The van der Waals surface area contributed by atoms with Crippen LogP contribution in [0.15, 0.2) is 36.7 Å². The fraction of sp³-hybridized carbons (Fsp3) is 0.231. The Morgan fingerprint density at radius 2 is 1.88 bits per heavy atom. The number of benzene rings is 1. The van der Waals surface area contributed by atoms with Crippen LogP contribution in [0.2, 0.25) is 5.02 Å². The van der Waals surface area contributed by atoms with Gasteiger partial charge in [0.15, 0.2) is 0 Å². The normalized spacial score (nSPS) is 10.5. The molecule has 4 heteroatoms. The summed E-state index contributed by atoms with van der Waals surface area (Å²) in [6.45, 7) is 3.66. The van der Waals surface area contributed by atoms with Crippen LogP contribution in [-0.2, 0) is 6.54 Å². The molecule has 0 fully saturated rings. The van der Waals surface area contributed by atoms with E-state index in [2.05, 4.69) is 22.2 Å². The molecule has 0 atom stereocenters. The van der Waals surface area contributed by atoms with E-state index in [0.29, 0.717) is 6.54 Å². The minimum absolute atomic E-state index is 0.694. The van der Waals surface area contributed by atoms with E-state index in [9.17, 15) is 0 Å². The molecule has 0 saturated carbocycles. The second kappa shape index (κ2) is 5.75. The van der Waals surface area contributed by atoms with Crippen molar-refractivity contribution in [3.63, 3.8) is 0 Å². The van der Waals surface area contributed by atoms with Gasteiger partial charge in [0, 0.05) is 28.5 Å². The highest BCUT2D eigenvalue weighted by Crippen LogP contribution is 2.25. The van der Waals surface area contributed by atoms with Crippen molar-refractivity contribution in [3.05, 3.63) is 47.5 Å². The van der Waals surface area contributed by atoms with Gasteiger partial charge in [0.2, 0.25) is 0 Å². The topological polar surface area (TPSA) is 37.8 Å². The van der Waals surface area contributed by atoms with Gasteiger partial charge in [0.05, 0.1) is 6.54 Å². The average Bonchev–Trinajstić information content (AvgIpc) is 2.38. The van der Waals surface area contributed by atoms with Gasteiger partial charge in [-0.05, 0) is 12.6 Å². The zero-order chi connectivity index (χ0) is 12.1. The van der Waals surface area contributed by atoms with Crippen LogP contribution in [0.4, 0.5) is 0 Å². The minimum Gasteiger partial charge on any atom is -0.310 e. The summed E-state index contributed by atoms with van der Waals surface area (Å²) in [6, 6.07) is 7.69. The maximum absolute atomic E-state index is 6.11. The first-order valence-corrected chi connectivity index (χ1v) is 5.95. The number of aromatic nitrogens is 2. The highest BCUT2D eigenvalue weighted by atomic mass is 35.5. The number of hydrogen-bond acceptors (Lipinski definition) is 3. The molecule has 0 aliphatic carbocycles. The number of hydrogen-bond donors (Lipinski definition) is 1. The van der Waals surface area contributed by atoms with Gasteiger partial charge < -0.3 is 5.32 Å². The molecule has 0 bridgehead atoms. The SMILES string of the molecule is CCNCc1ncc(-c2ccccc2Cl)cn1. The van der Waals surface area contributed by atoms with Crippen LogP contribution in [0.25, 0.3) is 11.1 Å². The summed E-state index contributed by atoms with van der Waals surface area (Å²) < 4.78 is 0. The summed E-state index contributed by atoms with van der Waals surface area (Å²) in [5.74, 6) is 0.794. The Balaban J connectivity index is 2.21. The molecule has 3 nitrogen and oxygen atoms in total. The van der Waals surface area contributed by atoms with Crippen LogP contribution in [0.3, 0.4) is 0 Å². The van der Waals surface area contributed by atoms with E-state index in [1.807, 2.05) is 24.3 Å². The van der Waals surface area contributed by atoms with Crippen LogP contribution in [0.1, 0.15) is 12.7 Å². The van der Waals surface area contributed by atoms with Crippen molar-refractivity contribution in [1.82, 2.24) is 15.3 Å². The molecular formula is C13H14ClN3. The smallest absolute Gasteiger partial charge is 0.141 e. The molecule has 0 aliphatic rings. The molecular weight excluding hydrogens is 234 g/mol. The van der Waals surface area contributed by atoms with E-state index in [1.165, 1.54) is 0 Å². The number of nitrogens with zero attached hydrogens (tertiary/aromatic N) is 2. The molecule has 2 rings (SSSR count). The van der Waals surface area contributed by atoms with Crippen molar-refractivity contribution in [2.45, 2.75) is 13.5 Å². The number of halogens is 1. The zero-order valence-corrected chi connectivity index (χ0v) is 10.4. The molecule has 17 heavy (non-hydrogen) atoms. The summed E-state index contributed by atoms with van der Waals surface area (Å²) in [4.78, 5) is 8.60. The van der Waals surface area contributed by atoms with Crippen LogP contribution < -0.4 is 5.32 Å². The van der Waals surface area contributed by atoms with E-state index >= 15 is 0 Å². The molecule has 1 N–H and O–H groups in total. The highest BCUT2D eigenvalue weighted by molar-refractivity contribution is 6.33.